The minimum absolute atomic E-state index is 0.115. The first-order valence-corrected chi connectivity index (χ1v) is 6.45. The predicted molar refractivity (Wildman–Crippen MR) is 78.3 cm³/mol. The average molecular weight is 265 g/mol. The molecule has 3 rings (SSSR count). The molecule has 1 fully saturated rings. The zero-order chi connectivity index (χ0) is 14.0. The van der Waals surface area contributed by atoms with Crippen molar-refractivity contribution in [2.75, 3.05) is 7.05 Å². The predicted octanol–water partition coefficient (Wildman–Crippen LogP) is 1.64. The molecule has 20 heavy (non-hydrogen) atoms. The van der Waals surface area contributed by atoms with Crippen LogP contribution in [-0.2, 0) is 10.3 Å². The Kier molecular flexibility index (Phi) is 2.99. The molecule has 0 aliphatic carbocycles. The fourth-order valence-electron chi connectivity index (χ4n) is 2.53. The molecular weight excluding hydrogens is 250 g/mol. The van der Waals surface area contributed by atoms with Gasteiger partial charge in [-0.25, -0.2) is 0 Å². The summed E-state index contributed by atoms with van der Waals surface area (Å²) in [4.78, 5) is 16.7. The van der Waals surface area contributed by atoms with E-state index in [-0.39, 0.29) is 5.91 Å². The molecule has 0 unspecified atom stereocenters. The highest BCUT2D eigenvalue weighted by molar-refractivity contribution is 6.11. The van der Waals surface area contributed by atoms with Crippen LogP contribution < -0.4 is 10.6 Å². The number of carbonyl (C=O) groups excluding carboxylic acids is 1. The molecule has 4 heteroatoms. The fourth-order valence-corrected chi connectivity index (χ4v) is 2.53. The molecule has 0 radical (unpaired) electrons. The van der Waals surface area contributed by atoms with E-state index in [9.17, 15) is 4.79 Å². The topological polar surface area (TPSA) is 53.5 Å². The Labute approximate surface area is 117 Å². The highest BCUT2D eigenvalue weighted by atomic mass is 16.2. The summed E-state index contributed by atoms with van der Waals surface area (Å²) >= 11 is 0. The van der Waals surface area contributed by atoms with Crippen molar-refractivity contribution in [1.82, 2.24) is 10.6 Å². The second kappa shape index (κ2) is 4.81. The van der Waals surface area contributed by atoms with Gasteiger partial charge < -0.3 is 5.32 Å². The van der Waals surface area contributed by atoms with Crippen molar-refractivity contribution in [3.8, 4) is 0 Å². The van der Waals surface area contributed by atoms with Gasteiger partial charge in [0.2, 0.25) is 0 Å². The summed E-state index contributed by atoms with van der Waals surface area (Å²) in [6, 6.07) is 19.3. The molecule has 0 atom stereocenters. The Balaban J connectivity index is 2.22. The van der Waals surface area contributed by atoms with Gasteiger partial charge in [0, 0.05) is 7.05 Å². The summed E-state index contributed by atoms with van der Waals surface area (Å²) in [5.74, 6) is 0.373. The molecule has 2 aromatic rings. The third-order valence-corrected chi connectivity index (χ3v) is 3.52. The Hall–Kier alpha value is -2.62. The lowest BCUT2D eigenvalue weighted by Gasteiger charge is -2.27. The van der Waals surface area contributed by atoms with Gasteiger partial charge in [0.25, 0.3) is 5.91 Å². The van der Waals surface area contributed by atoms with E-state index in [1.807, 2.05) is 60.7 Å². The maximum absolute atomic E-state index is 12.6. The van der Waals surface area contributed by atoms with E-state index >= 15 is 0 Å². The van der Waals surface area contributed by atoms with Crippen LogP contribution in [-0.4, -0.2) is 18.9 Å². The maximum Gasteiger partial charge on any atom is 0.261 e. The van der Waals surface area contributed by atoms with Gasteiger partial charge >= 0.3 is 0 Å². The van der Waals surface area contributed by atoms with E-state index in [0.717, 1.165) is 11.1 Å². The molecule has 1 aliphatic rings. The lowest BCUT2D eigenvalue weighted by Crippen LogP contribution is -2.44. The maximum atomic E-state index is 12.6. The third-order valence-electron chi connectivity index (χ3n) is 3.52. The van der Waals surface area contributed by atoms with Crippen molar-refractivity contribution in [1.29, 1.82) is 0 Å². The summed E-state index contributed by atoms with van der Waals surface area (Å²) in [6.45, 7) is 0. The number of aliphatic imine (C=N–C) groups is 1. The first kappa shape index (κ1) is 12.4. The number of nitrogens with one attached hydrogen (secondary N) is 2. The smallest absolute Gasteiger partial charge is 0.261 e. The minimum Gasteiger partial charge on any atom is -0.334 e. The zero-order valence-electron chi connectivity index (χ0n) is 11.1. The number of carbonyl (C=O) groups is 1. The molecule has 0 saturated carbocycles. The van der Waals surface area contributed by atoms with Crippen molar-refractivity contribution in [2.24, 2.45) is 4.99 Å². The van der Waals surface area contributed by atoms with Crippen LogP contribution in [0.4, 0.5) is 0 Å². The van der Waals surface area contributed by atoms with Crippen molar-refractivity contribution in [3.63, 3.8) is 0 Å². The highest BCUT2D eigenvalue weighted by Crippen LogP contribution is 2.32. The quantitative estimate of drug-likeness (QED) is 0.867. The zero-order valence-corrected chi connectivity index (χ0v) is 11.1. The van der Waals surface area contributed by atoms with Gasteiger partial charge in [-0.2, -0.15) is 0 Å². The number of benzene rings is 2. The van der Waals surface area contributed by atoms with Crippen LogP contribution in [0.15, 0.2) is 65.7 Å². The first-order valence-electron chi connectivity index (χ1n) is 6.45. The molecular formula is C16H15N3O. The molecule has 100 valence electrons. The van der Waals surface area contributed by atoms with Crippen LogP contribution in [0.1, 0.15) is 11.1 Å². The fraction of sp³-hybridized carbons (Fsp3) is 0.125. The number of amides is 1. The lowest BCUT2D eigenvalue weighted by molar-refractivity contribution is -0.122. The van der Waals surface area contributed by atoms with Gasteiger partial charge in [-0.15, -0.1) is 0 Å². The third kappa shape index (κ3) is 1.77. The van der Waals surface area contributed by atoms with E-state index in [1.54, 1.807) is 7.05 Å². The number of guanidine groups is 1. The van der Waals surface area contributed by atoms with Crippen LogP contribution in [0, 0.1) is 0 Å². The summed E-state index contributed by atoms with van der Waals surface area (Å²) in [5.41, 5.74) is 0.863. The molecule has 2 aromatic carbocycles. The van der Waals surface area contributed by atoms with Crippen molar-refractivity contribution >= 4 is 11.9 Å². The largest absolute Gasteiger partial charge is 0.334 e. The molecule has 0 bridgehead atoms. The number of hydrogen-bond acceptors (Lipinski definition) is 2. The first-order chi connectivity index (χ1) is 9.77. The van der Waals surface area contributed by atoms with Crippen LogP contribution in [0.25, 0.3) is 0 Å². The van der Waals surface area contributed by atoms with Crippen molar-refractivity contribution in [3.05, 3.63) is 71.8 Å². The van der Waals surface area contributed by atoms with E-state index in [1.165, 1.54) is 0 Å². The molecule has 1 saturated heterocycles. The van der Waals surface area contributed by atoms with E-state index in [4.69, 9.17) is 0 Å². The summed E-state index contributed by atoms with van der Waals surface area (Å²) in [6.07, 6.45) is 0. The van der Waals surface area contributed by atoms with E-state index in [2.05, 4.69) is 15.6 Å². The second-order valence-corrected chi connectivity index (χ2v) is 4.63. The van der Waals surface area contributed by atoms with Crippen LogP contribution in [0.3, 0.4) is 0 Å². The van der Waals surface area contributed by atoms with Gasteiger partial charge in [0.15, 0.2) is 11.5 Å². The summed E-state index contributed by atoms with van der Waals surface area (Å²) in [7, 11) is 1.65. The summed E-state index contributed by atoms with van der Waals surface area (Å²) < 4.78 is 0. The summed E-state index contributed by atoms with van der Waals surface area (Å²) in [5, 5.41) is 6.02. The molecule has 1 amide bonds. The monoisotopic (exact) mass is 265 g/mol. The molecule has 2 N–H and O–H groups in total. The SMILES string of the molecule is CN=C1NC(=O)C(c2ccccc2)(c2ccccc2)N1. The van der Waals surface area contributed by atoms with Gasteiger partial charge in [0.1, 0.15) is 0 Å². The standard InChI is InChI=1S/C16H15N3O/c1-17-15-18-14(20)16(19-15,12-8-4-2-5-9-12)13-10-6-3-7-11-13/h2-11H,1H3,(H2,17,18,19,20). The molecule has 4 nitrogen and oxygen atoms in total. The minimum atomic E-state index is -0.919. The Morgan fingerprint density at radius 1 is 0.900 bits per heavy atom. The Morgan fingerprint density at radius 2 is 1.40 bits per heavy atom. The van der Waals surface area contributed by atoms with Crippen LogP contribution in [0.5, 0.6) is 0 Å². The molecule has 0 spiro atoms. The molecule has 0 aromatic heterocycles. The van der Waals surface area contributed by atoms with Gasteiger partial charge in [-0.05, 0) is 11.1 Å². The average Bonchev–Trinajstić information content (AvgIpc) is 2.87. The van der Waals surface area contributed by atoms with Crippen LogP contribution >= 0.6 is 0 Å². The van der Waals surface area contributed by atoms with Crippen molar-refractivity contribution < 1.29 is 4.79 Å². The number of hydrogen-bond donors (Lipinski definition) is 2. The lowest BCUT2D eigenvalue weighted by atomic mass is 9.83. The number of rotatable bonds is 2. The Morgan fingerprint density at radius 3 is 1.80 bits per heavy atom. The van der Waals surface area contributed by atoms with Gasteiger partial charge in [-0.1, -0.05) is 60.7 Å². The Bertz CT molecular complexity index is 610. The van der Waals surface area contributed by atoms with Gasteiger partial charge in [0.05, 0.1) is 0 Å². The van der Waals surface area contributed by atoms with E-state index < -0.39 is 5.54 Å². The normalized spacial score (nSPS) is 18.6. The highest BCUT2D eigenvalue weighted by Gasteiger charge is 2.47. The van der Waals surface area contributed by atoms with Gasteiger partial charge in [-0.3, -0.25) is 15.1 Å². The second-order valence-electron chi connectivity index (χ2n) is 4.63. The number of nitrogens with zero attached hydrogens (tertiary/aromatic N) is 1. The van der Waals surface area contributed by atoms with Crippen molar-refractivity contribution in [2.45, 2.75) is 5.54 Å². The molecule has 1 aliphatic heterocycles. The van der Waals surface area contributed by atoms with Crippen LogP contribution in [0.2, 0.25) is 0 Å². The molecule has 1 heterocycles. The van der Waals surface area contributed by atoms with E-state index in [0.29, 0.717) is 5.96 Å².